The summed E-state index contributed by atoms with van der Waals surface area (Å²) in [5.41, 5.74) is 1.47. The van der Waals surface area contributed by atoms with Crippen molar-refractivity contribution < 1.29 is 18.7 Å². The summed E-state index contributed by atoms with van der Waals surface area (Å²) in [5.74, 6) is 2.56. The minimum Gasteiger partial charge on any atom is -0.497 e. The van der Waals surface area contributed by atoms with Gasteiger partial charge in [-0.25, -0.2) is 0 Å². The first kappa shape index (κ1) is 19.0. The molecule has 0 aliphatic heterocycles. The third-order valence-corrected chi connectivity index (χ3v) is 4.78. The summed E-state index contributed by atoms with van der Waals surface area (Å²) in [7, 11) is 3.18. The van der Waals surface area contributed by atoms with Crippen molar-refractivity contribution in [3.05, 3.63) is 54.1 Å². The lowest BCUT2D eigenvalue weighted by Crippen LogP contribution is -1.99. The molecular weight excluding hydrogens is 364 g/mol. The fourth-order valence-corrected chi connectivity index (χ4v) is 3.18. The summed E-state index contributed by atoms with van der Waals surface area (Å²) < 4.78 is 16.2. The summed E-state index contributed by atoms with van der Waals surface area (Å²) in [5, 5.41) is 8.61. The zero-order chi connectivity index (χ0) is 19.1. The van der Waals surface area contributed by atoms with Gasteiger partial charge in [0.25, 0.3) is 5.22 Å². The van der Waals surface area contributed by atoms with Crippen LogP contribution in [0.15, 0.2) is 58.2 Å². The molecule has 0 unspecified atom stereocenters. The van der Waals surface area contributed by atoms with E-state index in [1.807, 2.05) is 42.5 Å². The number of carbonyl (C=O) groups excluding carboxylic acids is 1. The van der Waals surface area contributed by atoms with Gasteiger partial charge < -0.3 is 13.9 Å². The maximum Gasteiger partial charge on any atom is 0.276 e. The number of methoxy groups -OCH3 is 2. The Morgan fingerprint density at radius 3 is 2.41 bits per heavy atom. The van der Waals surface area contributed by atoms with E-state index in [2.05, 4.69) is 10.2 Å². The largest absolute Gasteiger partial charge is 0.497 e. The minimum absolute atomic E-state index is 0.144. The Balaban J connectivity index is 1.55. The van der Waals surface area contributed by atoms with E-state index < -0.39 is 0 Å². The molecule has 0 saturated carbocycles. The Labute approximate surface area is 161 Å². The molecule has 2 aromatic carbocycles. The van der Waals surface area contributed by atoms with Crippen molar-refractivity contribution in [2.75, 3.05) is 20.0 Å². The molecule has 0 radical (unpaired) electrons. The van der Waals surface area contributed by atoms with Gasteiger partial charge in [-0.15, -0.1) is 10.2 Å². The molecule has 27 heavy (non-hydrogen) atoms. The van der Waals surface area contributed by atoms with E-state index in [1.165, 1.54) is 11.8 Å². The molecule has 0 spiro atoms. The van der Waals surface area contributed by atoms with Gasteiger partial charge >= 0.3 is 0 Å². The second kappa shape index (κ2) is 9.23. The first-order valence-electron chi connectivity index (χ1n) is 8.47. The molecule has 7 heteroatoms. The quantitative estimate of drug-likeness (QED) is 0.305. The van der Waals surface area contributed by atoms with E-state index in [4.69, 9.17) is 13.9 Å². The van der Waals surface area contributed by atoms with Gasteiger partial charge in [-0.1, -0.05) is 42.1 Å². The molecule has 1 aromatic heterocycles. The molecule has 0 amide bonds. The fourth-order valence-electron chi connectivity index (χ4n) is 2.48. The molecule has 0 saturated heterocycles. The minimum atomic E-state index is 0.144. The summed E-state index contributed by atoms with van der Waals surface area (Å²) in [6.45, 7) is 0. The lowest BCUT2D eigenvalue weighted by atomic mass is 10.1. The molecule has 0 aliphatic rings. The van der Waals surface area contributed by atoms with Crippen LogP contribution >= 0.6 is 11.8 Å². The van der Waals surface area contributed by atoms with Crippen molar-refractivity contribution in [1.29, 1.82) is 0 Å². The lowest BCUT2D eigenvalue weighted by molar-refractivity contribution is 0.0982. The highest BCUT2D eigenvalue weighted by Gasteiger charge is 2.12. The van der Waals surface area contributed by atoms with Crippen LogP contribution in [-0.2, 0) is 0 Å². The molecule has 6 nitrogen and oxygen atoms in total. The Morgan fingerprint density at radius 1 is 1.04 bits per heavy atom. The molecule has 0 atom stereocenters. The molecule has 140 valence electrons. The topological polar surface area (TPSA) is 74.5 Å². The molecular formula is C20H20N2O4S. The van der Waals surface area contributed by atoms with E-state index in [1.54, 1.807) is 20.3 Å². The van der Waals surface area contributed by atoms with Crippen molar-refractivity contribution >= 4 is 17.5 Å². The van der Waals surface area contributed by atoms with E-state index in [9.17, 15) is 4.79 Å². The van der Waals surface area contributed by atoms with Crippen molar-refractivity contribution in [3.8, 4) is 23.0 Å². The van der Waals surface area contributed by atoms with Crippen molar-refractivity contribution in [2.45, 2.75) is 18.1 Å². The molecule has 0 N–H and O–H groups in total. The standard InChI is InChI=1S/C20H20N2O4S/c1-24-16-11-15(12-17(13-16)25-2)19-21-22-20(26-19)27-10-6-9-18(23)14-7-4-3-5-8-14/h3-5,7-8,11-13H,6,9-10H2,1-2H3. The molecule has 1 heterocycles. The van der Waals surface area contributed by atoms with Crippen LogP contribution in [0.1, 0.15) is 23.2 Å². The second-order valence-corrected chi connectivity index (χ2v) is 6.76. The van der Waals surface area contributed by atoms with Crippen LogP contribution < -0.4 is 9.47 Å². The predicted molar refractivity (Wildman–Crippen MR) is 104 cm³/mol. The number of rotatable bonds is 9. The predicted octanol–water partition coefficient (Wildman–Crippen LogP) is 4.51. The zero-order valence-electron chi connectivity index (χ0n) is 15.2. The molecule has 0 bridgehead atoms. The number of ketones is 1. The second-order valence-electron chi connectivity index (χ2n) is 5.72. The third kappa shape index (κ3) is 5.10. The van der Waals surface area contributed by atoms with Crippen LogP contribution in [0.5, 0.6) is 11.5 Å². The Kier molecular flexibility index (Phi) is 6.49. The van der Waals surface area contributed by atoms with Crippen LogP contribution in [0.4, 0.5) is 0 Å². The van der Waals surface area contributed by atoms with Crippen molar-refractivity contribution in [2.24, 2.45) is 0 Å². The summed E-state index contributed by atoms with van der Waals surface area (Å²) in [6, 6.07) is 14.7. The van der Waals surface area contributed by atoms with Gasteiger partial charge in [0.1, 0.15) is 11.5 Å². The maximum absolute atomic E-state index is 12.1. The molecule has 3 rings (SSSR count). The van der Waals surface area contributed by atoms with Gasteiger partial charge in [-0.3, -0.25) is 4.79 Å². The smallest absolute Gasteiger partial charge is 0.276 e. The highest BCUT2D eigenvalue weighted by atomic mass is 32.2. The van der Waals surface area contributed by atoms with Crippen LogP contribution in [0, 0.1) is 0 Å². The highest BCUT2D eigenvalue weighted by molar-refractivity contribution is 7.99. The summed E-state index contributed by atoms with van der Waals surface area (Å²) in [4.78, 5) is 12.1. The van der Waals surface area contributed by atoms with Crippen LogP contribution in [-0.4, -0.2) is 36.0 Å². The number of carbonyl (C=O) groups is 1. The van der Waals surface area contributed by atoms with Gasteiger partial charge in [-0.05, 0) is 18.6 Å². The zero-order valence-corrected chi connectivity index (χ0v) is 16.0. The van der Waals surface area contributed by atoms with Crippen LogP contribution in [0.25, 0.3) is 11.5 Å². The normalized spacial score (nSPS) is 10.6. The number of thioether (sulfide) groups is 1. The van der Waals surface area contributed by atoms with Gasteiger partial charge in [0, 0.05) is 29.4 Å². The lowest BCUT2D eigenvalue weighted by Gasteiger charge is -2.05. The Morgan fingerprint density at radius 2 is 1.74 bits per heavy atom. The third-order valence-electron chi connectivity index (χ3n) is 3.87. The monoisotopic (exact) mass is 384 g/mol. The number of hydrogen-bond acceptors (Lipinski definition) is 7. The van der Waals surface area contributed by atoms with E-state index in [-0.39, 0.29) is 5.78 Å². The average Bonchev–Trinajstić information content (AvgIpc) is 3.20. The number of aromatic nitrogens is 2. The van der Waals surface area contributed by atoms with E-state index in [0.717, 1.165) is 23.3 Å². The molecule has 3 aromatic rings. The number of Topliss-reactive ketones (excluding diaryl/α,β-unsaturated/α-hetero) is 1. The Hall–Kier alpha value is -2.80. The number of ether oxygens (including phenoxy) is 2. The van der Waals surface area contributed by atoms with Crippen molar-refractivity contribution in [1.82, 2.24) is 10.2 Å². The first-order chi connectivity index (χ1) is 13.2. The SMILES string of the molecule is COc1cc(OC)cc(-c2nnc(SCCCC(=O)c3ccccc3)o2)c1. The van der Waals surface area contributed by atoms with Gasteiger partial charge in [0.15, 0.2) is 5.78 Å². The van der Waals surface area contributed by atoms with Gasteiger partial charge in [0.2, 0.25) is 5.89 Å². The van der Waals surface area contributed by atoms with E-state index in [0.29, 0.717) is 29.0 Å². The van der Waals surface area contributed by atoms with Gasteiger partial charge in [-0.2, -0.15) is 0 Å². The molecule has 0 aliphatic carbocycles. The van der Waals surface area contributed by atoms with Crippen LogP contribution in [0.2, 0.25) is 0 Å². The highest BCUT2D eigenvalue weighted by Crippen LogP contribution is 2.30. The van der Waals surface area contributed by atoms with Crippen LogP contribution in [0.3, 0.4) is 0 Å². The summed E-state index contributed by atoms with van der Waals surface area (Å²) >= 11 is 1.44. The first-order valence-corrected chi connectivity index (χ1v) is 9.46. The fraction of sp³-hybridized carbons (Fsp3) is 0.250. The number of benzene rings is 2. The van der Waals surface area contributed by atoms with Crippen molar-refractivity contribution in [3.63, 3.8) is 0 Å². The maximum atomic E-state index is 12.1. The molecule has 0 fully saturated rings. The average molecular weight is 384 g/mol. The Bertz CT molecular complexity index is 874. The number of hydrogen-bond donors (Lipinski definition) is 0. The van der Waals surface area contributed by atoms with Gasteiger partial charge in [0.05, 0.1) is 14.2 Å². The van der Waals surface area contributed by atoms with E-state index >= 15 is 0 Å². The summed E-state index contributed by atoms with van der Waals surface area (Å²) in [6.07, 6.45) is 1.23. The number of nitrogens with zero attached hydrogens (tertiary/aromatic N) is 2.